The lowest BCUT2D eigenvalue weighted by molar-refractivity contribution is 0.112. The number of aryl methyl sites for hydroxylation is 2. The first-order chi connectivity index (χ1) is 11.0. The lowest BCUT2D eigenvalue weighted by Gasteiger charge is -2.22. The molecule has 0 amide bonds. The van der Waals surface area contributed by atoms with E-state index in [1.54, 1.807) is 4.31 Å². The largest absolute Gasteiger partial charge is 0.296 e. The Hall–Kier alpha value is -2.11. The van der Waals surface area contributed by atoms with Crippen molar-refractivity contribution in [3.05, 3.63) is 58.5 Å². The van der Waals surface area contributed by atoms with Crippen LogP contribution in [0.4, 0.5) is 11.4 Å². The fourth-order valence-electron chi connectivity index (χ4n) is 2.50. The van der Waals surface area contributed by atoms with E-state index >= 15 is 0 Å². The first kappa shape index (κ1) is 15.8. The van der Waals surface area contributed by atoms with Crippen molar-refractivity contribution < 1.29 is 4.79 Å². The van der Waals surface area contributed by atoms with Crippen molar-refractivity contribution in [2.45, 2.75) is 13.8 Å². The number of rotatable bonds is 3. The summed E-state index contributed by atoms with van der Waals surface area (Å²) in [5.74, 6) is 0. The zero-order valence-electron chi connectivity index (χ0n) is 12.6. The van der Waals surface area contributed by atoms with Crippen LogP contribution in [-0.2, 0) is 0 Å². The number of halogens is 1. The van der Waals surface area contributed by atoms with Crippen LogP contribution in [0.5, 0.6) is 0 Å². The number of benzene rings is 2. The summed E-state index contributed by atoms with van der Waals surface area (Å²) < 4.78 is 1.73. The number of anilines is 2. The van der Waals surface area contributed by atoms with Gasteiger partial charge in [-0.2, -0.15) is 0 Å². The highest BCUT2D eigenvalue weighted by molar-refractivity contribution is 7.82. The van der Waals surface area contributed by atoms with Crippen LogP contribution in [0.2, 0.25) is 5.02 Å². The second-order valence-electron chi connectivity index (χ2n) is 5.30. The maximum Gasteiger partial charge on any atom is 0.169 e. The second kappa shape index (κ2) is 6.18. The van der Waals surface area contributed by atoms with Crippen molar-refractivity contribution in [2.24, 2.45) is 0 Å². The summed E-state index contributed by atoms with van der Waals surface area (Å²) in [4.78, 5) is 19.6. The fraction of sp³-hybridized carbons (Fsp3) is 0.118. The lowest BCUT2D eigenvalue weighted by atomic mass is 10.1. The Morgan fingerprint density at radius 1 is 1.13 bits per heavy atom. The number of nitrogens with zero attached hydrogens (tertiary/aromatic N) is 3. The van der Waals surface area contributed by atoms with Gasteiger partial charge < -0.3 is 0 Å². The van der Waals surface area contributed by atoms with Gasteiger partial charge in [0, 0.05) is 10.4 Å². The predicted molar refractivity (Wildman–Crippen MR) is 97.0 cm³/mol. The molecular formula is C17H14ClN3OS. The molecule has 0 bridgehead atoms. The monoisotopic (exact) mass is 343 g/mol. The van der Waals surface area contributed by atoms with Gasteiger partial charge in [0.1, 0.15) is 12.0 Å². The van der Waals surface area contributed by atoms with Gasteiger partial charge >= 0.3 is 0 Å². The molecule has 2 aromatic carbocycles. The number of aldehydes is 1. The number of fused-ring (bicyclic) bond motifs is 1. The van der Waals surface area contributed by atoms with Crippen LogP contribution in [0.1, 0.15) is 21.6 Å². The molecular weight excluding hydrogens is 330 g/mol. The Labute approximate surface area is 144 Å². The number of hydrogen-bond donors (Lipinski definition) is 1. The minimum atomic E-state index is 0.365. The molecule has 116 valence electrons. The normalized spacial score (nSPS) is 10.8. The van der Waals surface area contributed by atoms with E-state index < -0.39 is 0 Å². The molecule has 0 spiro atoms. The number of carbonyl (C=O) groups is 1. The van der Waals surface area contributed by atoms with Crippen molar-refractivity contribution in [3.8, 4) is 0 Å². The predicted octanol–water partition coefficient (Wildman–Crippen LogP) is 4.70. The number of thiol groups is 1. The molecule has 0 unspecified atom stereocenters. The first-order valence-corrected chi connectivity index (χ1v) is 7.74. The molecule has 0 aliphatic rings. The summed E-state index contributed by atoms with van der Waals surface area (Å²) in [6.45, 7) is 3.94. The topological polar surface area (TPSA) is 46.1 Å². The van der Waals surface area contributed by atoms with E-state index in [2.05, 4.69) is 22.8 Å². The van der Waals surface area contributed by atoms with Crippen molar-refractivity contribution in [2.75, 3.05) is 4.31 Å². The highest BCUT2D eigenvalue weighted by Crippen LogP contribution is 2.36. The summed E-state index contributed by atoms with van der Waals surface area (Å²) in [6, 6.07) is 9.49. The van der Waals surface area contributed by atoms with Crippen molar-refractivity contribution in [1.29, 1.82) is 0 Å². The van der Waals surface area contributed by atoms with E-state index in [1.807, 2.05) is 44.2 Å². The molecule has 1 aromatic heterocycles. The first-order valence-electron chi connectivity index (χ1n) is 6.97. The van der Waals surface area contributed by atoms with Gasteiger partial charge in [-0.05, 0) is 49.2 Å². The summed E-state index contributed by atoms with van der Waals surface area (Å²) in [7, 11) is 0. The van der Waals surface area contributed by atoms with Crippen LogP contribution in [0.25, 0.3) is 10.9 Å². The Morgan fingerprint density at radius 3 is 2.65 bits per heavy atom. The molecule has 0 aliphatic heterocycles. The zero-order valence-corrected chi connectivity index (χ0v) is 14.3. The van der Waals surface area contributed by atoms with Crippen LogP contribution >= 0.6 is 24.4 Å². The average molecular weight is 344 g/mol. The van der Waals surface area contributed by atoms with Gasteiger partial charge in [0.2, 0.25) is 0 Å². The molecule has 6 heteroatoms. The van der Waals surface area contributed by atoms with E-state index in [0.717, 1.165) is 28.8 Å². The molecule has 3 rings (SSSR count). The SMILES string of the molecule is Cc1cc(N(S)c2cc(Cl)ccc2C)c2ncnc(C=O)c2c1. The van der Waals surface area contributed by atoms with Crippen LogP contribution in [0.3, 0.4) is 0 Å². The third-order valence-corrected chi connectivity index (χ3v) is 4.30. The third-order valence-electron chi connectivity index (χ3n) is 3.63. The molecule has 0 N–H and O–H groups in total. The maximum absolute atomic E-state index is 11.2. The van der Waals surface area contributed by atoms with E-state index in [4.69, 9.17) is 11.6 Å². The smallest absolute Gasteiger partial charge is 0.169 e. The molecule has 1 heterocycles. The summed E-state index contributed by atoms with van der Waals surface area (Å²) >= 11 is 10.8. The minimum absolute atomic E-state index is 0.365. The van der Waals surface area contributed by atoms with E-state index in [1.165, 1.54) is 6.33 Å². The van der Waals surface area contributed by atoms with Crippen LogP contribution in [0, 0.1) is 13.8 Å². The van der Waals surface area contributed by atoms with Gasteiger partial charge in [0.25, 0.3) is 0 Å². The molecule has 0 saturated carbocycles. The van der Waals surface area contributed by atoms with Crippen LogP contribution in [0.15, 0.2) is 36.7 Å². The highest BCUT2D eigenvalue weighted by Gasteiger charge is 2.15. The molecule has 0 aliphatic carbocycles. The average Bonchev–Trinajstić information content (AvgIpc) is 2.55. The lowest BCUT2D eigenvalue weighted by Crippen LogP contribution is -2.06. The van der Waals surface area contributed by atoms with Crippen molar-refractivity contribution in [3.63, 3.8) is 0 Å². The Balaban J connectivity index is 2.27. The molecule has 23 heavy (non-hydrogen) atoms. The maximum atomic E-state index is 11.2. The Kier molecular flexibility index (Phi) is 4.24. The van der Waals surface area contributed by atoms with Crippen molar-refractivity contribution in [1.82, 2.24) is 9.97 Å². The summed E-state index contributed by atoms with van der Waals surface area (Å²) in [5.41, 5.74) is 4.69. The van der Waals surface area contributed by atoms with Crippen LogP contribution in [-0.4, -0.2) is 16.3 Å². The van der Waals surface area contributed by atoms with Gasteiger partial charge in [0.05, 0.1) is 16.9 Å². The van der Waals surface area contributed by atoms with Gasteiger partial charge in [0.15, 0.2) is 6.29 Å². The molecule has 0 saturated heterocycles. The Morgan fingerprint density at radius 2 is 1.91 bits per heavy atom. The summed E-state index contributed by atoms with van der Waals surface area (Å²) in [6.07, 6.45) is 2.12. The van der Waals surface area contributed by atoms with Gasteiger partial charge in [-0.15, -0.1) is 0 Å². The zero-order chi connectivity index (χ0) is 16.6. The molecule has 4 nitrogen and oxygen atoms in total. The van der Waals surface area contributed by atoms with Crippen molar-refractivity contribution >= 4 is 53.0 Å². The van der Waals surface area contributed by atoms with Crippen LogP contribution < -0.4 is 4.31 Å². The van der Waals surface area contributed by atoms with Gasteiger partial charge in [-0.1, -0.05) is 30.5 Å². The minimum Gasteiger partial charge on any atom is -0.296 e. The number of aromatic nitrogens is 2. The van der Waals surface area contributed by atoms with Gasteiger partial charge in [-0.25, -0.2) is 9.97 Å². The van der Waals surface area contributed by atoms with E-state index in [-0.39, 0.29) is 0 Å². The third kappa shape index (κ3) is 2.90. The van der Waals surface area contributed by atoms with Gasteiger partial charge in [-0.3, -0.25) is 9.10 Å². The Bertz CT molecular complexity index is 914. The highest BCUT2D eigenvalue weighted by atomic mass is 35.5. The number of carbonyl (C=O) groups excluding carboxylic acids is 1. The second-order valence-corrected chi connectivity index (χ2v) is 6.14. The number of hydrogen-bond acceptors (Lipinski definition) is 5. The molecule has 0 radical (unpaired) electrons. The fourth-order valence-corrected chi connectivity index (χ4v) is 3.04. The molecule has 0 fully saturated rings. The molecule has 0 atom stereocenters. The molecule has 3 aromatic rings. The van der Waals surface area contributed by atoms with E-state index in [0.29, 0.717) is 21.6 Å². The standard InChI is InChI=1S/C17H14ClN3OS/c1-10-5-13-14(8-22)19-9-20-17(13)16(6-10)21(23)15-7-12(18)4-3-11(15)2/h3-9,23H,1-2H3. The summed E-state index contributed by atoms with van der Waals surface area (Å²) in [5, 5.41) is 1.33. The van der Waals surface area contributed by atoms with E-state index in [9.17, 15) is 4.79 Å². The quantitative estimate of drug-likeness (QED) is 0.553.